The highest BCUT2D eigenvalue weighted by Crippen LogP contribution is 1.92. The largest absolute Gasteiger partial charge is 0.381 e. The minimum absolute atomic E-state index is 0. The Bertz CT molecular complexity index is 193. The molecular weight excluding hydrogens is 201 g/mol. The summed E-state index contributed by atoms with van der Waals surface area (Å²) in [6, 6.07) is -0.0255. The third-order valence-electron chi connectivity index (χ3n) is 1.16. The van der Waals surface area contributed by atoms with Crippen molar-refractivity contribution in [1.82, 2.24) is 5.32 Å². The number of primary amides is 1. The van der Waals surface area contributed by atoms with E-state index in [1.165, 1.54) is 0 Å². The van der Waals surface area contributed by atoms with Crippen LogP contribution in [-0.2, 0) is 4.79 Å². The molecule has 0 aromatic rings. The number of hydrogen-bond acceptors (Lipinski definition) is 3. The van der Waals surface area contributed by atoms with E-state index in [0.717, 1.165) is 0 Å². The molecule has 1 aliphatic rings. The van der Waals surface area contributed by atoms with Crippen molar-refractivity contribution in [3.8, 4) is 0 Å². The molecule has 70 valence electrons. The van der Waals surface area contributed by atoms with E-state index in [0.29, 0.717) is 6.42 Å². The predicted molar refractivity (Wildman–Crippen MR) is 52.9 cm³/mol. The van der Waals surface area contributed by atoms with Crippen molar-refractivity contribution in [2.45, 2.75) is 12.5 Å². The number of amides is 1. The van der Waals surface area contributed by atoms with Crippen LogP contribution in [0.2, 0.25) is 0 Å². The summed E-state index contributed by atoms with van der Waals surface area (Å²) in [4.78, 5) is 14.2. The zero-order chi connectivity index (χ0) is 7.40. The lowest BCUT2D eigenvalue weighted by molar-refractivity contribution is -0.118. The fourth-order valence-corrected chi connectivity index (χ4v) is 0.735. The summed E-state index contributed by atoms with van der Waals surface area (Å²) in [6.45, 7) is 0. The number of aliphatic imine (C=N–C) groups is 1. The lowest BCUT2D eigenvalue weighted by Crippen LogP contribution is -2.32. The maximum Gasteiger partial charge on any atom is 0.219 e. The summed E-state index contributed by atoms with van der Waals surface area (Å²) in [5.74, 6) is -0.320. The van der Waals surface area contributed by atoms with Crippen LogP contribution in [0.15, 0.2) is 17.4 Å². The van der Waals surface area contributed by atoms with E-state index in [9.17, 15) is 4.79 Å². The van der Waals surface area contributed by atoms with Gasteiger partial charge in [-0.25, -0.2) is 0 Å². The SMILES string of the molecule is Cl.Cl.NC(=O)CC1C=NC=CN1. The molecule has 1 aliphatic heterocycles. The first-order valence-corrected chi connectivity index (χ1v) is 3.02. The minimum Gasteiger partial charge on any atom is -0.381 e. The summed E-state index contributed by atoms with van der Waals surface area (Å²) in [7, 11) is 0. The van der Waals surface area contributed by atoms with Crippen LogP contribution in [-0.4, -0.2) is 18.2 Å². The number of nitrogens with two attached hydrogens (primary N) is 1. The van der Waals surface area contributed by atoms with E-state index in [1.807, 2.05) is 0 Å². The van der Waals surface area contributed by atoms with Gasteiger partial charge >= 0.3 is 0 Å². The van der Waals surface area contributed by atoms with Gasteiger partial charge in [-0.2, -0.15) is 0 Å². The first-order chi connectivity index (χ1) is 4.79. The topological polar surface area (TPSA) is 67.5 Å². The summed E-state index contributed by atoms with van der Waals surface area (Å²) in [6.07, 6.45) is 5.27. The van der Waals surface area contributed by atoms with Gasteiger partial charge in [0.2, 0.25) is 5.91 Å². The highest BCUT2D eigenvalue weighted by molar-refractivity contribution is 5.85. The van der Waals surface area contributed by atoms with Gasteiger partial charge in [-0.05, 0) is 0 Å². The molecule has 0 fully saturated rings. The Hall–Kier alpha value is -0.740. The monoisotopic (exact) mass is 211 g/mol. The van der Waals surface area contributed by atoms with Crippen molar-refractivity contribution in [1.29, 1.82) is 0 Å². The van der Waals surface area contributed by atoms with E-state index >= 15 is 0 Å². The van der Waals surface area contributed by atoms with Crippen molar-refractivity contribution in [3.63, 3.8) is 0 Å². The molecule has 3 N–H and O–H groups in total. The molecule has 0 saturated carbocycles. The highest BCUT2D eigenvalue weighted by Gasteiger charge is 2.07. The first-order valence-electron chi connectivity index (χ1n) is 3.02. The third kappa shape index (κ3) is 4.98. The Balaban J connectivity index is 0. The maximum absolute atomic E-state index is 10.4. The van der Waals surface area contributed by atoms with Crippen LogP contribution in [0.3, 0.4) is 0 Å². The Kier molecular flexibility index (Phi) is 7.99. The molecular formula is C6H11Cl2N3O. The number of nitrogens with one attached hydrogen (secondary N) is 1. The molecule has 0 aliphatic carbocycles. The molecule has 0 aromatic heterocycles. The average molecular weight is 212 g/mol. The van der Waals surface area contributed by atoms with Crippen molar-refractivity contribution >= 4 is 36.9 Å². The van der Waals surface area contributed by atoms with Crippen LogP contribution in [0.4, 0.5) is 0 Å². The second-order valence-electron chi connectivity index (χ2n) is 2.06. The van der Waals surface area contributed by atoms with Gasteiger partial charge in [0.1, 0.15) is 0 Å². The van der Waals surface area contributed by atoms with Gasteiger partial charge in [0.25, 0.3) is 0 Å². The van der Waals surface area contributed by atoms with Gasteiger partial charge in [-0.1, -0.05) is 0 Å². The van der Waals surface area contributed by atoms with Crippen LogP contribution in [0.5, 0.6) is 0 Å². The van der Waals surface area contributed by atoms with Crippen LogP contribution >= 0.6 is 24.8 Å². The lowest BCUT2D eigenvalue weighted by Gasteiger charge is -2.11. The van der Waals surface area contributed by atoms with Gasteiger partial charge < -0.3 is 11.1 Å². The molecule has 12 heavy (non-hydrogen) atoms. The van der Waals surface area contributed by atoms with Crippen LogP contribution in [0.25, 0.3) is 0 Å². The normalized spacial score (nSPS) is 18.5. The van der Waals surface area contributed by atoms with Crippen molar-refractivity contribution in [2.24, 2.45) is 10.7 Å². The number of carbonyl (C=O) groups excluding carboxylic acids is 1. The Morgan fingerprint density at radius 2 is 2.25 bits per heavy atom. The Morgan fingerprint density at radius 1 is 1.58 bits per heavy atom. The molecule has 1 unspecified atom stereocenters. The predicted octanol–water partition coefficient (Wildman–Crippen LogP) is 0.219. The molecule has 1 atom stereocenters. The second-order valence-corrected chi connectivity index (χ2v) is 2.06. The third-order valence-corrected chi connectivity index (χ3v) is 1.16. The van der Waals surface area contributed by atoms with Crippen LogP contribution in [0, 0.1) is 0 Å². The summed E-state index contributed by atoms with van der Waals surface area (Å²) in [5.41, 5.74) is 4.96. The average Bonchev–Trinajstić information content (AvgIpc) is 1.88. The molecule has 6 heteroatoms. The molecule has 1 heterocycles. The summed E-state index contributed by atoms with van der Waals surface area (Å²) >= 11 is 0. The second kappa shape index (κ2) is 6.94. The van der Waals surface area contributed by atoms with Gasteiger partial charge in [0, 0.05) is 18.6 Å². The number of halogens is 2. The summed E-state index contributed by atoms with van der Waals surface area (Å²) < 4.78 is 0. The minimum atomic E-state index is -0.320. The zero-order valence-corrected chi connectivity index (χ0v) is 7.90. The smallest absolute Gasteiger partial charge is 0.219 e. The Labute approximate surface area is 83.1 Å². The molecule has 0 bridgehead atoms. The Morgan fingerprint density at radius 3 is 2.67 bits per heavy atom. The number of nitrogens with zero attached hydrogens (tertiary/aromatic N) is 1. The quantitative estimate of drug-likeness (QED) is 0.687. The van der Waals surface area contributed by atoms with Crippen molar-refractivity contribution in [2.75, 3.05) is 0 Å². The maximum atomic E-state index is 10.4. The molecule has 0 saturated heterocycles. The number of rotatable bonds is 2. The molecule has 1 amide bonds. The van der Waals surface area contributed by atoms with Crippen molar-refractivity contribution in [3.05, 3.63) is 12.4 Å². The molecule has 0 aromatic carbocycles. The van der Waals surface area contributed by atoms with Gasteiger partial charge in [-0.3, -0.25) is 9.79 Å². The standard InChI is InChI=1S/C6H9N3O.2ClH/c7-6(10)3-5-4-8-1-2-9-5;;/h1-2,4-5,9H,3H2,(H2,7,10);2*1H. The fraction of sp³-hybridized carbons (Fsp3) is 0.333. The lowest BCUT2D eigenvalue weighted by atomic mass is 10.2. The molecule has 0 spiro atoms. The first kappa shape index (κ1) is 13.8. The van der Waals surface area contributed by atoms with E-state index < -0.39 is 0 Å². The van der Waals surface area contributed by atoms with Gasteiger partial charge in [-0.15, -0.1) is 24.8 Å². The van der Waals surface area contributed by atoms with E-state index in [4.69, 9.17) is 5.73 Å². The molecule has 1 rings (SSSR count). The van der Waals surface area contributed by atoms with Crippen molar-refractivity contribution < 1.29 is 4.79 Å². The number of carbonyl (C=O) groups is 1. The molecule has 0 radical (unpaired) electrons. The summed E-state index contributed by atoms with van der Waals surface area (Å²) in [5, 5.41) is 2.92. The van der Waals surface area contributed by atoms with E-state index in [2.05, 4.69) is 10.3 Å². The van der Waals surface area contributed by atoms with Crippen LogP contribution in [0.1, 0.15) is 6.42 Å². The van der Waals surface area contributed by atoms with E-state index in [1.54, 1.807) is 18.6 Å². The van der Waals surface area contributed by atoms with Crippen LogP contribution < -0.4 is 11.1 Å². The van der Waals surface area contributed by atoms with E-state index in [-0.39, 0.29) is 36.8 Å². The van der Waals surface area contributed by atoms with Gasteiger partial charge in [0.15, 0.2) is 0 Å². The molecule has 4 nitrogen and oxygen atoms in total. The van der Waals surface area contributed by atoms with Gasteiger partial charge in [0.05, 0.1) is 12.5 Å². The number of hydrogen-bond donors (Lipinski definition) is 2. The zero-order valence-electron chi connectivity index (χ0n) is 6.27. The highest BCUT2D eigenvalue weighted by atomic mass is 35.5. The fourth-order valence-electron chi connectivity index (χ4n) is 0.735.